The van der Waals surface area contributed by atoms with E-state index < -0.39 is 24.6 Å². The summed E-state index contributed by atoms with van der Waals surface area (Å²) in [5, 5.41) is 5.00. The zero-order chi connectivity index (χ0) is 23.1. The number of urea groups is 1. The van der Waals surface area contributed by atoms with Gasteiger partial charge in [-0.1, -0.05) is 23.8 Å². The van der Waals surface area contributed by atoms with Gasteiger partial charge in [-0.2, -0.15) is 8.78 Å². The molecule has 2 aromatic carbocycles. The molecule has 2 N–H and O–H groups in total. The lowest BCUT2D eigenvalue weighted by Crippen LogP contribution is -2.46. The molecule has 0 radical (unpaired) electrons. The number of carbonyl (C=O) groups is 2. The largest absolute Gasteiger partial charge is 0.493 e. The zero-order valence-electron chi connectivity index (χ0n) is 18.2. The number of likely N-dealkylation sites (N-methyl/N-ethyl adjacent to an activating group) is 1. The van der Waals surface area contributed by atoms with Crippen molar-refractivity contribution in [3.8, 4) is 11.5 Å². The molecule has 0 fully saturated rings. The first-order chi connectivity index (χ1) is 14.6. The van der Waals surface area contributed by atoms with Crippen LogP contribution in [0.1, 0.15) is 23.6 Å². The Morgan fingerprint density at radius 1 is 1.10 bits per heavy atom. The highest BCUT2D eigenvalue weighted by Crippen LogP contribution is 2.30. The summed E-state index contributed by atoms with van der Waals surface area (Å²) in [7, 11) is 3.06. The van der Waals surface area contributed by atoms with Gasteiger partial charge in [0.25, 0.3) is 0 Å². The van der Waals surface area contributed by atoms with Crippen LogP contribution in [0.2, 0.25) is 0 Å². The van der Waals surface area contributed by atoms with Crippen molar-refractivity contribution in [3.63, 3.8) is 0 Å². The molecule has 9 heteroatoms. The lowest BCUT2D eigenvalue weighted by Gasteiger charge is -2.24. The summed E-state index contributed by atoms with van der Waals surface area (Å²) >= 11 is 0. The van der Waals surface area contributed by atoms with Gasteiger partial charge in [0.15, 0.2) is 11.5 Å². The van der Waals surface area contributed by atoms with Crippen molar-refractivity contribution in [2.75, 3.05) is 19.5 Å². The summed E-state index contributed by atoms with van der Waals surface area (Å²) in [5.74, 6) is -0.386. The minimum Gasteiger partial charge on any atom is -0.493 e. The molecule has 0 aliphatic rings. The van der Waals surface area contributed by atoms with Crippen LogP contribution in [0.25, 0.3) is 0 Å². The third kappa shape index (κ3) is 6.92. The van der Waals surface area contributed by atoms with Crippen LogP contribution in [0.5, 0.6) is 11.5 Å². The number of anilines is 1. The Balaban J connectivity index is 1.96. The second-order valence-electron chi connectivity index (χ2n) is 7.22. The summed E-state index contributed by atoms with van der Waals surface area (Å²) < 4.78 is 34.4. The minimum absolute atomic E-state index is 0.0715. The first-order valence-electron chi connectivity index (χ1n) is 9.61. The molecule has 7 nitrogen and oxygen atoms in total. The van der Waals surface area contributed by atoms with Crippen LogP contribution in [-0.4, -0.2) is 43.6 Å². The summed E-state index contributed by atoms with van der Waals surface area (Å²) in [6.07, 6.45) is 0. The molecule has 0 bridgehead atoms. The fourth-order valence-corrected chi connectivity index (χ4v) is 2.95. The van der Waals surface area contributed by atoms with E-state index in [0.717, 1.165) is 16.7 Å². The maximum atomic E-state index is 12.5. The summed E-state index contributed by atoms with van der Waals surface area (Å²) in [4.78, 5) is 26.4. The Hall–Kier alpha value is -3.20. The zero-order valence-corrected chi connectivity index (χ0v) is 18.2. The van der Waals surface area contributed by atoms with Crippen LogP contribution in [0, 0.1) is 13.8 Å². The topological polar surface area (TPSA) is 79.9 Å². The molecular formula is C22H27F2N3O4. The fourth-order valence-electron chi connectivity index (χ4n) is 2.95. The van der Waals surface area contributed by atoms with Gasteiger partial charge in [-0.05, 0) is 57.1 Å². The molecule has 0 aliphatic heterocycles. The number of rotatable bonds is 8. The average molecular weight is 435 g/mol. The Bertz CT molecular complexity index is 937. The highest BCUT2D eigenvalue weighted by atomic mass is 19.3. The SMILES string of the molecule is COc1cc(CN(C)[C@H](C)C(=O)NC(=O)Nc2ccc(C)cc2C)ccc1OC(F)F. The Morgan fingerprint density at radius 2 is 1.81 bits per heavy atom. The molecular weight excluding hydrogens is 408 g/mol. The van der Waals surface area contributed by atoms with Gasteiger partial charge in [0.2, 0.25) is 5.91 Å². The molecule has 0 heterocycles. The number of benzene rings is 2. The van der Waals surface area contributed by atoms with Crippen LogP contribution >= 0.6 is 0 Å². The number of nitrogens with zero attached hydrogens (tertiary/aromatic N) is 1. The molecule has 0 spiro atoms. The van der Waals surface area contributed by atoms with E-state index in [-0.39, 0.29) is 11.5 Å². The average Bonchev–Trinajstić information content (AvgIpc) is 2.70. The number of carbonyl (C=O) groups excluding carboxylic acids is 2. The van der Waals surface area contributed by atoms with Crippen LogP contribution in [-0.2, 0) is 11.3 Å². The van der Waals surface area contributed by atoms with Crippen LogP contribution in [0.3, 0.4) is 0 Å². The molecule has 168 valence electrons. The standard InChI is InChI=1S/C22H27F2N3O4/c1-13-6-8-17(14(2)10-13)25-22(29)26-20(28)15(3)27(4)12-16-7-9-18(31-21(23)24)19(11-16)30-5/h6-11,15,21H,12H2,1-5H3,(H2,25,26,28,29)/t15-/m1/s1. The van der Waals surface area contributed by atoms with Crippen molar-refractivity contribution >= 4 is 17.6 Å². The van der Waals surface area contributed by atoms with Crippen molar-refractivity contribution in [3.05, 3.63) is 53.1 Å². The lowest BCUT2D eigenvalue weighted by atomic mass is 10.1. The monoisotopic (exact) mass is 435 g/mol. The second kappa shape index (κ2) is 10.7. The van der Waals surface area contributed by atoms with Crippen molar-refractivity contribution in [2.45, 2.75) is 40.0 Å². The molecule has 0 aliphatic carbocycles. The van der Waals surface area contributed by atoms with Crippen molar-refractivity contribution in [1.29, 1.82) is 0 Å². The molecule has 0 unspecified atom stereocenters. The number of alkyl halides is 2. The minimum atomic E-state index is -2.96. The number of halogens is 2. The van der Waals surface area contributed by atoms with E-state index >= 15 is 0 Å². The normalized spacial score (nSPS) is 11.9. The predicted molar refractivity (Wildman–Crippen MR) is 114 cm³/mol. The van der Waals surface area contributed by atoms with E-state index in [4.69, 9.17) is 4.74 Å². The lowest BCUT2D eigenvalue weighted by molar-refractivity contribution is -0.124. The van der Waals surface area contributed by atoms with Crippen LogP contribution in [0.15, 0.2) is 36.4 Å². The molecule has 0 aromatic heterocycles. The van der Waals surface area contributed by atoms with E-state index in [0.29, 0.717) is 12.2 Å². The molecule has 2 rings (SSSR count). The van der Waals surface area contributed by atoms with Crippen LogP contribution < -0.4 is 20.1 Å². The van der Waals surface area contributed by atoms with Gasteiger partial charge < -0.3 is 14.8 Å². The van der Waals surface area contributed by atoms with Crippen molar-refractivity contribution in [1.82, 2.24) is 10.2 Å². The number of imide groups is 1. The number of methoxy groups -OCH3 is 1. The number of aryl methyl sites for hydroxylation is 2. The van der Waals surface area contributed by atoms with E-state index in [1.807, 2.05) is 26.0 Å². The number of hydrogen-bond donors (Lipinski definition) is 2. The maximum absolute atomic E-state index is 12.5. The molecule has 0 saturated carbocycles. The van der Waals surface area contributed by atoms with E-state index in [1.165, 1.54) is 13.2 Å². The molecule has 3 amide bonds. The van der Waals surface area contributed by atoms with Gasteiger partial charge in [0, 0.05) is 12.2 Å². The van der Waals surface area contributed by atoms with E-state index in [9.17, 15) is 18.4 Å². The smallest absolute Gasteiger partial charge is 0.387 e. The second-order valence-corrected chi connectivity index (χ2v) is 7.22. The van der Waals surface area contributed by atoms with Gasteiger partial charge in [-0.3, -0.25) is 15.0 Å². The van der Waals surface area contributed by atoms with Gasteiger partial charge >= 0.3 is 12.6 Å². The van der Waals surface area contributed by atoms with Gasteiger partial charge in [-0.25, -0.2) is 4.79 Å². The number of amides is 3. The Labute approximate surface area is 180 Å². The van der Waals surface area contributed by atoms with Crippen molar-refractivity contribution in [2.24, 2.45) is 0 Å². The third-order valence-electron chi connectivity index (χ3n) is 4.78. The highest BCUT2D eigenvalue weighted by molar-refractivity contribution is 6.03. The van der Waals surface area contributed by atoms with Gasteiger partial charge in [0.05, 0.1) is 13.2 Å². The van der Waals surface area contributed by atoms with Crippen LogP contribution in [0.4, 0.5) is 19.3 Å². The number of nitrogens with one attached hydrogen (secondary N) is 2. The number of ether oxygens (including phenoxy) is 2. The van der Waals surface area contributed by atoms with Crippen molar-refractivity contribution < 1.29 is 27.8 Å². The first kappa shape index (κ1) is 24.1. The maximum Gasteiger partial charge on any atom is 0.387 e. The van der Waals surface area contributed by atoms with E-state index in [2.05, 4.69) is 15.4 Å². The molecule has 1 atom stereocenters. The number of hydrogen-bond acceptors (Lipinski definition) is 5. The Kier molecular flexibility index (Phi) is 8.32. The summed E-state index contributed by atoms with van der Waals surface area (Å²) in [5.41, 5.74) is 3.30. The fraction of sp³-hybridized carbons (Fsp3) is 0.364. The Morgan fingerprint density at radius 3 is 2.42 bits per heavy atom. The highest BCUT2D eigenvalue weighted by Gasteiger charge is 2.21. The third-order valence-corrected chi connectivity index (χ3v) is 4.78. The quantitative estimate of drug-likeness (QED) is 0.653. The summed E-state index contributed by atoms with van der Waals surface area (Å²) in [6, 6.07) is 8.88. The molecule has 31 heavy (non-hydrogen) atoms. The first-order valence-corrected chi connectivity index (χ1v) is 9.61. The van der Waals surface area contributed by atoms with Gasteiger partial charge in [0.1, 0.15) is 0 Å². The molecule has 0 saturated heterocycles. The van der Waals surface area contributed by atoms with E-state index in [1.54, 1.807) is 37.1 Å². The summed E-state index contributed by atoms with van der Waals surface area (Å²) in [6.45, 7) is 2.84. The predicted octanol–water partition coefficient (Wildman–Crippen LogP) is 4.08. The molecule has 2 aromatic rings. The van der Waals surface area contributed by atoms with Gasteiger partial charge in [-0.15, -0.1) is 0 Å².